The minimum atomic E-state index is 0.888. The smallest absolute Gasteiger partial charge is 0.138 e. The van der Waals surface area contributed by atoms with E-state index in [-0.39, 0.29) is 0 Å². The topological polar surface area (TPSA) is 41.0 Å². The fourth-order valence-corrected chi connectivity index (χ4v) is 4.20. The summed E-state index contributed by atoms with van der Waals surface area (Å²) < 4.78 is 0. The van der Waals surface area contributed by atoms with Crippen LogP contribution >= 0.6 is 0 Å². The van der Waals surface area contributed by atoms with Crippen LogP contribution in [0.5, 0.6) is 0 Å². The molecule has 3 heteroatoms. The number of H-pyrrole nitrogens is 1. The molecule has 3 nitrogen and oxygen atoms in total. The predicted molar refractivity (Wildman–Crippen MR) is 128 cm³/mol. The van der Waals surface area contributed by atoms with Crippen molar-refractivity contribution in [1.29, 1.82) is 0 Å². The Labute approximate surface area is 181 Å². The van der Waals surface area contributed by atoms with E-state index in [1.165, 1.54) is 22.3 Å². The number of aliphatic imine (C=N–C) groups is 1. The van der Waals surface area contributed by atoms with Gasteiger partial charge in [-0.1, -0.05) is 78.4 Å². The number of aryl methyl sites for hydroxylation is 1. The van der Waals surface area contributed by atoms with Crippen LogP contribution in [0.4, 0.5) is 5.69 Å². The fourth-order valence-electron chi connectivity index (χ4n) is 4.20. The minimum Gasteiger partial charge on any atom is -0.338 e. The van der Waals surface area contributed by atoms with Crippen molar-refractivity contribution in [1.82, 2.24) is 9.97 Å². The van der Waals surface area contributed by atoms with E-state index >= 15 is 0 Å². The van der Waals surface area contributed by atoms with Gasteiger partial charge in [-0.05, 0) is 47.4 Å². The molecule has 0 unspecified atom stereocenters. The van der Waals surface area contributed by atoms with Crippen LogP contribution in [0.15, 0.2) is 96.0 Å². The number of imidazole rings is 1. The molecule has 2 heterocycles. The lowest BCUT2D eigenvalue weighted by Gasteiger charge is -2.04. The van der Waals surface area contributed by atoms with E-state index in [1.807, 2.05) is 18.2 Å². The van der Waals surface area contributed by atoms with Gasteiger partial charge in [-0.3, -0.25) is 4.99 Å². The van der Waals surface area contributed by atoms with E-state index in [4.69, 9.17) is 9.98 Å². The van der Waals surface area contributed by atoms with Gasteiger partial charge in [-0.25, -0.2) is 4.98 Å². The normalized spacial score (nSPS) is 12.7. The molecule has 0 spiro atoms. The maximum atomic E-state index is 4.94. The molecular formula is C28H21N3. The maximum Gasteiger partial charge on any atom is 0.138 e. The van der Waals surface area contributed by atoms with Crippen LogP contribution in [0.3, 0.4) is 0 Å². The average molecular weight is 399 g/mol. The summed E-state index contributed by atoms with van der Waals surface area (Å²) in [4.78, 5) is 13.2. The Hall–Kier alpha value is -3.98. The highest BCUT2D eigenvalue weighted by molar-refractivity contribution is 6.06. The molecule has 0 aliphatic carbocycles. The van der Waals surface area contributed by atoms with Gasteiger partial charge < -0.3 is 4.98 Å². The molecule has 5 aromatic rings. The molecule has 148 valence electrons. The zero-order valence-corrected chi connectivity index (χ0v) is 17.3. The Balaban J connectivity index is 1.35. The van der Waals surface area contributed by atoms with Crippen molar-refractivity contribution in [3.05, 3.63) is 108 Å². The van der Waals surface area contributed by atoms with Gasteiger partial charge in [0, 0.05) is 12.0 Å². The summed E-state index contributed by atoms with van der Waals surface area (Å²) in [6.07, 6.45) is 0.888. The van der Waals surface area contributed by atoms with E-state index in [1.54, 1.807) is 0 Å². The van der Waals surface area contributed by atoms with Crippen LogP contribution in [0.2, 0.25) is 0 Å². The van der Waals surface area contributed by atoms with Crippen molar-refractivity contribution in [2.75, 3.05) is 0 Å². The summed E-state index contributed by atoms with van der Waals surface area (Å²) in [7, 11) is 0. The summed E-state index contributed by atoms with van der Waals surface area (Å²) >= 11 is 0. The summed E-state index contributed by atoms with van der Waals surface area (Å²) in [5.74, 6) is 0.897. The van der Waals surface area contributed by atoms with E-state index in [2.05, 4.69) is 84.7 Å². The molecule has 4 aromatic carbocycles. The largest absolute Gasteiger partial charge is 0.338 e. The second-order valence-corrected chi connectivity index (χ2v) is 8.13. The highest BCUT2D eigenvalue weighted by Crippen LogP contribution is 2.34. The van der Waals surface area contributed by atoms with Gasteiger partial charge in [0.25, 0.3) is 0 Å². The molecule has 6 rings (SSSR count). The highest BCUT2D eigenvalue weighted by atomic mass is 14.9. The second-order valence-electron chi connectivity index (χ2n) is 8.13. The number of hydrogen-bond donors (Lipinski definition) is 1. The molecule has 1 N–H and O–H groups in total. The number of aromatic amines is 1. The predicted octanol–water partition coefficient (Wildman–Crippen LogP) is 6.88. The lowest BCUT2D eigenvalue weighted by molar-refractivity contribution is 1.34. The van der Waals surface area contributed by atoms with Gasteiger partial charge in [0.15, 0.2) is 0 Å². The van der Waals surface area contributed by atoms with E-state index in [0.717, 1.165) is 45.8 Å². The maximum absolute atomic E-state index is 4.94. The SMILES string of the molecule is Cc1ccc(C2=Nc3cc(-c4ccc5nc(-c6ccccc6)[nH]c5c4)ccc3C2)cc1. The number of nitrogens with one attached hydrogen (secondary N) is 1. The summed E-state index contributed by atoms with van der Waals surface area (Å²) in [5, 5.41) is 0. The summed E-state index contributed by atoms with van der Waals surface area (Å²) in [6.45, 7) is 2.11. The Morgan fingerprint density at radius 1 is 0.710 bits per heavy atom. The van der Waals surface area contributed by atoms with Crippen LogP contribution < -0.4 is 0 Å². The van der Waals surface area contributed by atoms with Gasteiger partial charge >= 0.3 is 0 Å². The van der Waals surface area contributed by atoms with E-state index in [9.17, 15) is 0 Å². The van der Waals surface area contributed by atoms with Crippen molar-refractivity contribution >= 4 is 22.4 Å². The molecule has 1 aromatic heterocycles. The molecule has 0 fully saturated rings. The third kappa shape index (κ3) is 3.24. The Morgan fingerprint density at radius 2 is 1.45 bits per heavy atom. The first kappa shape index (κ1) is 17.8. The Morgan fingerprint density at radius 3 is 2.29 bits per heavy atom. The Bertz CT molecular complexity index is 1440. The van der Waals surface area contributed by atoms with Crippen molar-refractivity contribution in [2.45, 2.75) is 13.3 Å². The molecule has 1 aliphatic heterocycles. The van der Waals surface area contributed by atoms with Gasteiger partial charge in [0.1, 0.15) is 5.82 Å². The lowest BCUT2D eigenvalue weighted by atomic mass is 10.00. The molecule has 0 bridgehead atoms. The molecule has 31 heavy (non-hydrogen) atoms. The molecule has 0 radical (unpaired) electrons. The molecule has 0 saturated carbocycles. The number of rotatable bonds is 3. The van der Waals surface area contributed by atoms with E-state index < -0.39 is 0 Å². The second kappa shape index (κ2) is 7.06. The molecule has 0 atom stereocenters. The fraction of sp³-hybridized carbons (Fsp3) is 0.0714. The summed E-state index contributed by atoms with van der Waals surface area (Å²) in [5.41, 5.74) is 11.4. The Kier molecular flexibility index (Phi) is 4.07. The summed E-state index contributed by atoms with van der Waals surface area (Å²) in [6, 6.07) is 31.9. The van der Waals surface area contributed by atoms with Gasteiger partial charge in [-0.2, -0.15) is 0 Å². The van der Waals surface area contributed by atoms with Crippen LogP contribution in [0.1, 0.15) is 16.7 Å². The van der Waals surface area contributed by atoms with Crippen LogP contribution in [-0.2, 0) is 6.42 Å². The standard InChI is InChI=1S/C28H21N3/c1-18-7-9-19(10-8-18)25-17-23-12-11-21(15-26(23)29-25)22-13-14-24-27(16-22)31-28(30-24)20-5-3-2-4-6-20/h2-16H,17H2,1H3,(H,30,31). The highest BCUT2D eigenvalue weighted by Gasteiger charge is 2.17. The van der Waals surface area contributed by atoms with Crippen LogP contribution in [-0.4, -0.2) is 15.7 Å². The van der Waals surface area contributed by atoms with Gasteiger partial charge in [0.2, 0.25) is 0 Å². The first-order valence-electron chi connectivity index (χ1n) is 10.6. The van der Waals surface area contributed by atoms with Crippen LogP contribution in [0.25, 0.3) is 33.5 Å². The van der Waals surface area contributed by atoms with Gasteiger partial charge in [-0.15, -0.1) is 0 Å². The lowest BCUT2D eigenvalue weighted by Crippen LogP contribution is -1.99. The van der Waals surface area contributed by atoms with Crippen molar-refractivity contribution in [3.8, 4) is 22.5 Å². The zero-order valence-electron chi connectivity index (χ0n) is 17.3. The number of nitrogens with zero attached hydrogens (tertiary/aromatic N) is 2. The molecular weight excluding hydrogens is 378 g/mol. The average Bonchev–Trinajstić information content (AvgIpc) is 3.43. The monoisotopic (exact) mass is 399 g/mol. The zero-order chi connectivity index (χ0) is 20.8. The molecule has 1 aliphatic rings. The molecule has 0 saturated heterocycles. The number of fused-ring (bicyclic) bond motifs is 2. The first-order chi connectivity index (χ1) is 15.2. The first-order valence-corrected chi connectivity index (χ1v) is 10.6. The van der Waals surface area contributed by atoms with Crippen molar-refractivity contribution < 1.29 is 0 Å². The third-order valence-electron chi connectivity index (χ3n) is 5.95. The minimum absolute atomic E-state index is 0.888. The van der Waals surface area contributed by atoms with Gasteiger partial charge in [0.05, 0.1) is 22.4 Å². The van der Waals surface area contributed by atoms with Crippen LogP contribution in [0, 0.1) is 6.92 Å². The van der Waals surface area contributed by atoms with Crippen molar-refractivity contribution in [2.24, 2.45) is 4.99 Å². The quantitative estimate of drug-likeness (QED) is 0.353. The third-order valence-corrected chi connectivity index (χ3v) is 5.95. The van der Waals surface area contributed by atoms with Crippen molar-refractivity contribution in [3.63, 3.8) is 0 Å². The van der Waals surface area contributed by atoms with E-state index in [0.29, 0.717) is 0 Å². The number of aromatic nitrogens is 2. The number of hydrogen-bond acceptors (Lipinski definition) is 2. The number of benzene rings is 4. The molecule has 0 amide bonds.